The lowest BCUT2D eigenvalue weighted by molar-refractivity contribution is -0.148. The lowest BCUT2D eigenvalue weighted by atomic mass is 9.88. The highest BCUT2D eigenvalue weighted by atomic mass is 16.4. The van der Waals surface area contributed by atoms with Gasteiger partial charge in [0.2, 0.25) is 5.91 Å². The Morgan fingerprint density at radius 1 is 1.43 bits per heavy atom. The molecule has 2 aromatic rings. The van der Waals surface area contributed by atoms with Crippen LogP contribution in [0.3, 0.4) is 0 Å². The fraction of sp³-hybridized carbons (Fsp3) is 0.400. The van der Waals surface area contributed by atoms with E-state index in [0.29, 0.717) is 12.1 Å². The van der Waals surface area contributed by atoms with Gasteiger partial charge in [0.25, 0.3) is 0 Å². The average molecular weight is 289 g/mol. The van der Waals surface area contributed by atoms with Gasteiger partial charge in [-0.05, 0) is 25.5 Å². The molecule has 0 aromatic carbocycles. The normalized spacial score (nSPS) is 13.8. The number of pyridine rings is 1. The number of rotatable bonds is 6. The maximum atomic E-state index is 11.9. The van der Waals surface area contributed by atoms with Crippen molar-refractivity contribution in [2.45, 2.75) is 26.7 Å². The molecule has 0 aliphatic carbocycles. The average Bonchev–Trinajstić information content (AvgIpc) is 2.86. The zero-order chi connectivity index (χ0) is 15.5. The van der Waals surface area contributed by atoms with E-state index in [4.69, 9.17) is 5.11 Å². The fourth-order valence-corrected chi connectivity index (χ4v) is 1.94. The molecule has 0 radical (unpaired) electrons. The summed E-state index contributed by atoms with van der Waals surface area (Å²) in [6.45, 7) is 3.54. The van der Waals surface area contributed by atoms with Gasteiger partial charge in [0.15, 0.2) is 0 Å². The first kappa shape index (κ1) is 15.0. The molecule has 2 rings (SSSR count). The molecule has 0 spiro atoms. The van der Waals surface area contributed by atoms with Crippen LogP contribution in [0.5, 0.6) is 0 Å². The number of aliphatic carboxylic acids is 1. The van der Waals surface area contributed by atoms with Gasteiger partial charge in [0.1, 0.15) is 5.65 Å². The molecule has 0 aliphatic rings. The van der Waals surface area contributed by atoms with E-state index in [1.54, 1.807) is 20.0 Å². The van der Waals surface area contributed by atoms with Crippen molar-refractivity contribution in [2.75, 3.05) is 6.54 Å². The third kappa shape index (κ3) is 3.39. The highest BCUT2D eigenvalue weighted by Crippen LogP contribution is 2.19. The van der Waals surface area contributed by atoms with Crippen LogP contribution in [-0.4, -0.2) is 32.9 Å². The zero-order valence-electron chi connectivity index (χ0n) is 12.2. The van der Waals surface area contributed by atoms with Crippen molar-refractivity contribution < 1.29 is 14.7 Å². The predicted molar refractivity (Wildman–Crippen MR) is 77.9 cm³/mol. The van der Waals surface area contributed by atoms with E-state index in [1.807, 2.05) is 28.8 Å². The van der Waals surface area contributed by atoms with Gasteiger partial charge in [0, 0.05) is 18.9 Å². The second kappa shape index (κ2) is 5.95. The van der Waals surface area contributed by atoms with Crippen LogP contribution in [0.15, 0.2) is 30.6 Å². The van der Waals surface area contributed by atoms with Crippen molar-refractivity contribution >= 4 is 17.5 Å². The first-order valence-electron chi connectivity index (χ1n) is 6.87. The van der Waals surface area contributed by atoms with E-state index in [-0.39, 0.29) is 18.9 Å². The molecule has 0 saturated carbocycles. The number of nitrogens with zero attached hydrogens (tertiary/aromatic N) is 2. The molecule has 21 heavy (non-hydrogen) atoms. The van der Waals surface area contributed by atoms with E-state index in [0.717, 1.165) is 5.65 Å². The quantitative estimate of drug-likeness (QED) is 0.844. The Morgan fingerprint density at radius 3 is 2.81 bits per heavy atom. The Morgan fingerprint density at radius 2 is 2.19 bits per heavy atom. The number of imidazole rings is 1. The summed E-state index contributed by atoms with van der Waals surface area (Å²) in [5.74, 6) is -1.13. The van der Waals surface area contributed by atoms with Crippen LogP contribution in [0, 0.1) is 5.41 Å². The fourth-order valence-electron chi connectivity index (χ4n) is 1.94. The van der Waals surface area contributed by atoms with E-state index in [2.05, 4.69) is 10.3 Å². The first-order chi connectivity index (χ1) is 9.94. The molecular weight excluding hydrogens is 270 g/mol. The number of carbonyl (C=O) groups is 2. The van der Waals surface area contributed by atoms with Gasteiger partial charge in [-0.1, -0.05) is 13.0 Å². The second-order valence-corrected chi connectivity index (χ2v) is 5.37. The van der Waals surface area contributed by atoms with Gasteiger partial charge >= 0.3 is 5.97 Å². The third-order valence-corrected chi connectivity index (χ3v) is 3.73. The number of nitrogens with one attached hydrogen (secondary N) is 1. The lowest BCUT2D eigenvalue weighted by Crippen LogP contribution is -2.41. The maximum absolute atomic E-state index is 11.9. The molecule has 1 amide bonds. The summed E-state index contributed by atoms with van der Waals surface area (Å²) in [4.78, 5) is 27.4. The highest BCUT2D eigenvalue weighted by Gasteiger charge is 2.31. The molecule has 0 bridgehead atoms. The van der Waals surface area contributed by atoms with E-state index < -0.39 is 11.4 Å². The Bertz CT molecular complexity index is 632. The van der Waals surface area contributed by atoms with Gasteiger partial charge in [-0.2, -0.15) is 0 Å². The van der Waals surface area contributed by atoms with Crippen molar-refractivity contribution in [2.24, 2.45) is 5.41 Å². The number of hydrogen-bond donors (Lipinski definition) is 2. The van der Waals surface area contributed by atoms with Crippen LogP contribution >= 0.6 is 0 Å². The molecule has 6 heteroatoms. The molecule has 2 N–H and O–H groups in total. The van der Waals surface area contributed by atoms with Gasteiger partial charge in [-0.15, -0.1) is 0 Å². The van der Waals surface area contributed by atoms with Gasteiger partial charge in [-0.3, -0.25) is 9.59 Å². The number of carboxylic acid groups (broad SMARTS) is 1. The minimum absolute atomic E-state index is 0.116. The molecule has 2 aromatic heterocycles. The molecule has 0 saturated heterocycles. The minimum Gasteiger partial charge on any atom is -0.481 e. The molecule has 0 fully saturated rings. The van der Waals surface area contributed by atoms with E-state index >= 15 is 0 Å². The van der Waals surface area contributed by atoms with Crippen molar-refractivity contribution in [1.82, 2.24) is 14.7 Å². The largest absolute Gasteiger partial charge is 0.481 e. The number of amides is 1. The van der Waals surface area contributed by atoms with Crippen molar-refractivity contribution in [1.29, 1.82) is 0 Å². The third-order valence-electron chi connectivity index (χ3n) is 3.73. The van der Waals surface area contributed by atoms with Crippen LogP contribution in [0.4, 0.5) is 0 Å². The van der Waals surface area contributed by atoms with Crippen LogP contribution < -0.4 is 5.32 Å². The summed E-state index contributed by atoms with van der Waals surface area (Å²) in [5, 5.41) is 11.8. The Labute approximate surface area is 122 Å². The molecule has 1 atom stereocenters. The number of hydrogen-bond acceptors (Lipinski definition) is 3. The molecular formula is C15H19N3O3. The van der Waals surface area contributed by atoms with Crippen LogP contribution in [-0.2, 0) is 16.0 Å². The summed E-state index contributed by atoms with van der Waals surface area (Å²) in [6.07, 6.45) is 4.26. The molecule has 0 aliphatic heterocycles. The number of aromatic nitrogens is 2. The predicted octanol–water partition coefficient (Wildman–Crippen LogP) is 1.49. The van der Waals surface area contributed by atoms with Gasteiger partial charge in [0.05, 0.1) is 17.5 Å². The molecule has 6 nitrogen and oxygen atoms in total. The lowest BCUT2D eigenvalue weighted by Gasteiger charge is -2.23. The minimum atomic E-state index is -0.936. The maximum Gasteiger partial charge on any atom is 0.311 e. The monoisotopic (exact) mass is 289 g/mol. The zero-order valence-corrected chi connectivity index (χ0v) is 12.2. The Kier molecular flexibility index (Phi) is 4.26. The first-order valence-corrected chi connectivity index (χ1v) is 6.87. The SMILES string of the molecule is CCC(C)(CNC(=O)Cc1cn2ccccc2n1)C(=O)O. The highest BCUT2D eigenvalue weighted by molar-refractivity contribution is 5.80. The van der Waals surface area contributed by atoms with Gasteiger partial charge in [-0.25, -0.2) is 4.98 Å². The summed E-state index contributed by atoms with van der Waals surface area (Å²) >= 11 is 0. The number of carbonyl (C=O) groups excluding carboxylic acids is 1. The summed E-state index contributed by atoms with van der Waals surface area (Å²) in [6, 6.07) is 5.63. The second-order valence-electron chi connectivity index (χ2n) is 5.37. The summed E-state index contributed by atoms with van der Waals surface area (Å²) < 4.78 is 1.84. The van der Waals surface area contributed by atoms with E-state index in [9.17, 15) is 9.59 Å². The smallest absolute Gasteiger partial charge is 0.311 e. The molecule has 1 unspecified atom stereocenters. The van der Waals surface area contributed by atoms with Crippen LogP contribution in [0.25, 0.3) is 5.65 Å². The number of carboxylic acids is 1. The van der Waals surface area contributed by atoms with Crippen molar-refractivity contribution in [3.8, 4) is 0 Å². The van der Waals surface area contributed by atoms with Crippen molar-refractivity contribution in [3.63, 3.8) is 0 Å². The van der Waals surface area contributed by atoms with Crippen molar-refractivity contribution in [3.05, 3.63) is 36.3 Å². The van der Waals surface area contributed by atoms with Gasteiger partial charge < -0.3 is 14.8 Å². The Hall–Kier alpha value is -2.37. The topological polar surface area (TPSA) is 83.7 Å². The Balaban J connectivity index is 1.97. The summed E-state index contributed by atoms with van der Waals surface area (Å²) in [5.41, 5.74) is 0.505. The molecule has 2 heterocycles. The summed E-state index contributed by atoms with van der Waals surface area (Å²) in [7, 11) is 0. The van der Waals surface area contributed by atoms with Crippen LogP contribution in [0.1, 0.15) is 26.0 Å². The van der Waals surface area contributed by atoms with E-state index in [1.165, 1.54) is 0 Å². The van der Waals surface area contributed by atoms with Crippen LogP contribution in [0.2, 0.25) is 0 Å². The number of fused-ring (bicyclic) bond motifs is 1. The standard InChI is InChI=1S/C15H19N3O3/c1-3-15(2,14(20)21)10-16-13(19)8-11-9-18-7-5-4-6-12(18)17-11/h4-7,9H,3,8,10H2,1-2H3,(H,16,19)(H,20,21). The molecule has 112 valence electrons.